The number of nitrogens with one attached hydrogen (secondary N) is 1. The third kappa shape index (κ3) is 2.78. The molecule has 3 rings (SSSR count). The maximum Gasteiger partial charge on any atom is 0.352 e. The van der Waals surface area contributed by atoms with E-state index in [0.29, 0.717) is 17.1 Å². The number of fused-ring (bicyclic) bond motifs is 1. The quantitative estimate of drug-likeness (QED) is 0.700. The lowest BCUT2D eigenvalue weighted by Gasteiger charge is -2.11. The molecule has 3 aromatic rings. The van der Waals surface area contributed by atoms with Gasteiger partial charge in [0, 0.05) is 29.4 Å². The average molecular weight is 345 g/mol. The maximum atomic E-state index is 11.5. The number of anilines is 2. The Hall–Kier alpha value is -2.66. The minimum Gasteiger partial charge on any atom is -0.497 e. The van der Waals surface area contributed by atoms with Crippen molar-refractivity contribution >= 4 is 39.8 Å². The molecule has 1 heterocycles. The van der Waals surface area contributed by atoms with Crippen molar-refractivity contribution in [1.82, 2.24) is 4.57 Å². The number of ether oxygens (including phenoxy) is 1. The second-order valence-corrected chi connectivity index (χ2v) is 5.70. The Morgan fingerprint density at radius 1 is 1.29 bits per heavy atom. The van der Waals surface area contributed by atoms with Gasteiger partial charge in [0.2, 0.25) is 0 Å². The predicted octanol–water partition coefficient (Wildman–Crippen LogP) is 4.77. The molecule has 0 atom stereocenters. The molecule has 124 valence electrons. The van der Waals surface area contributed by atoms with Crippen LogP contribution >= 0.6 is 11.6 Å². The van der Waals surface area contributed by atoms with Gasteiger partial charge in [0.15, 0.2) is 0 Å². The number of carbonyl (C=O) groups is 1. The highest BCUT2D eigenvalue weighted by Crippen LogP contribution is 2.35. The summed E-state index contributed by atoms with van der Waals surface area (Å²) < 4.78 is 6.93. The van der Waals surface area contributed by atoms with Gasteiger partial charge in [0.25, 0.3) is 0 Å². The minimum absolute atomic E-state index is 0.217. The van der Waals surface area contributed by atoms with Crippen LogP contribution < -0.4 is 10.1 Å². The third-order valence-electron chi connectivity index (χ3n) is 3.89. The molecule has 0 aliphatic heterocycles. The summed E-state index contributed by atoms with van der Waals surface area (Å²) in [6.07, 6.45) is 0. The fourth-order valence-corrected chi connectivity index (χ4v) is 3.07. The number of aromatic nitrogens is 1. The lowest BCUT2D eigenvalue weighted by Crippen LogP contribution is -2.06. The highest BCUT2D eigenvalue weighted by Gasteiger charge is 2.18. The molecular weight excluding hydrogens is 328 g/mol. The van der Waals surface area contributed by atoms with E-state index in [1.165, 1.54) is 0 Å². The smallest absolute Gasteiger partial charge is 0.352 e. The standard InChI is InChI=1S/C18H17ClN2O3/c1-3-21-16(18(22)23)10-13-15(8-7-14(19)17(13)21)20-11-5-4-6-12(9-11)24-2/h4-10,20H,3H2,1-2H3,(H,22,23). The largest absolute Gasteiger partial charge is 0.497 e. The Morgan fingerprint density at radius 3 is 2.75 bits per heavy atom. The summed E-state index contributed by atoms with van der Waals surface area (Å²) in [5.74, 6) is -0.237. The Labute approximate surface area is 144 Å². The monoisotopic (exact) mass is 344 g/mol. The molecule has 6 heteroatoms. The molecule has 0 amide bonds. The first-order valence-electron chi connectivity index (χ1n) is 7.51. The number of carboxylic acids is 1. The number of methoxy groups -OCH3 is 1. The number of hydrogen-bond donors (Lipinski definition) is 2. The second-order valence-electron chi connectivity index (χ2n) is 5.29. The second kappa shape index (κ2) is 6.45. The van der Waals surface area contributed by atoms with Crippen LogP contribution in [0.4, 0.5) is 11.4 Å². The lowest BCUT2D eigenvalue weighted by molar-refractivity contribution is 0.0686. The van der Waals surface area contributed by atoms with E-state index < -0.39 is 5.97 Å². The van der Waals surface area contributed by atoms with E-state index in [9.17, 15) is 9.90 Å². The normalized spacial score (nSPS) is 10.8. The van der Waals surface area contributed by atoms with Gasteiger partial charge < -0.3 is 19.7 Å². The van der Waals surface area contributed by atoms with Gasteiger partial charge in [0.05, 0.1) is 17.6 Å². The third-order valence-corrected chi connectivity index (χ3v) is 4.20. The summed E-state index contributed by atoms with van der Waals surface area (Å²) in [6, 6.07) is 12.8. The molecule has 0 aliphatic carbocycles. The predicted molar refractivity (Wildman–Crippen MR) is 95.9 cm³/mol. The van der Waals surface area contributed by atoms with Crippen molar-refractivity contribution in [2.45, 2.75) is 13.5 Å². The molecule has 0 spiro atoms. The molecule has 0 aliphatic rings. The molecule has 2 aromatic carbocycles. The van der Waals surface area contributed by atoms with Gasteiger partial charge in [-0.25, -0.2) is 4.79 Å². The summed E-state index contributed by atoms with van der Waals surface area (Å²) in [6.45, 7) is 2.41. The first-order valence-corrected chi connectivity index (χ1v) is 7.89. The van der Waals surface area contributed by atoms with Gasteiger partial charge in [0.1, 0.15) is 11.4 Å². The number of aromatic carboxylic acids is 1. The molecule has 1 aromatic heterocycles. The van der Waals surface area contributed by atoms with Gasteiger partial charge in [-0.2, -0.15) is 0 Å². The van der Waals surface area contributed by atoms with E-state index in [4.69, 9.17) is 16.3 Å². The minimum atomic E-state index is -0.976. The Bertz CT molecular complexity index is 918. The van der Waals surface area contributed by atoms with Crippen molar-refractivity contribution < 1.29 is 14.6 Å². The number of rotatable bonds is 5. The van der Waals surface area contributed by atoms with Gasteiger partial charge in [-0.1, -0.05) is 17.7 Å². The van der Waals surface area contributed by atoms with Crippen molar-refractivity contribution in [3.05, 3.63) is 53.2 Å². The van der Waals surface area contributed by atoms with E-state index >= 15 is 0 Å². The van der Waals surface area contributed by atoms with Gasteiger partial charge in [-0.15, -0.1) is 0 Å². The summed E-state index contributed by atoms with van der Waals surface area (Å²) in [5, 5.41) is 14.0. The maximum absolute atomic E-state index is 11.5. The zero-order valence-corrected chi connectivity index (χ0v) is 14.1. The lowest BCUT2D eigenvalue weighted by atomic mass is 10.2. The molecule has 0 unspecified atom stereocenters. The molecular formula is C18H17ClN2O3. The Kier molecular flexibility index (Phi) is 4.36. The number of hydrogen-bond acceptors (Lipinski definition) is 3. The van der Waals surface area contributed by atoms with Crippen LogP contribution in [-0.2, 0) is 6.54 Å². The van der Waals surface area contributed by atoms with Gasteiger partial charge >= 0.3 is 5.97 Å². The Morgan fingerprint density at radius 2 is 2.08 bits per heavy atom. The van der Waals surface area contributed by atoms with Crippen LogP contribution in [0.5, 0.6) is 5.75 Å². The van der Waals surface area contributed by atoms with Crippen LogP contribution in [0.2, 0.25) is 5.02 Å². The fourth-order valence-electron chi connectivity index (χ4n) is 2.81. The number of nitrogens with zero attached hydrogens (tertiary/aromatic N) is 1. The molecule has 0 radical (unpaired) electrons. The van der Waals surface area contributed by atoms with E-state index in [-0.39, 0.29) is 5.69 Å². The summed E-state index contributed by atoms with van der Waals surface area (Å²) in [4.78, 5) is 11.5. The molecule has 0 saturated heterocycles. The van der Waals surface area contributed by atoms with Crippen LogP contribution in [0.1, 0.15) is 17.4 Å². The molecule has 24 heavy (non-hydrogen) atoms. The van der Waals surface area contributed by atoms with Crippen LogP contribution in [0.3, 0.4) is 0 Å². The van der Waals surface area contributed by atoms with Crippen molar-refractivity contribution in [3.8, 4) is 5.75 Å². The summed E-state index contributed by atoms with van der Waals surface area (Å²) >= 11 is 6.32. The number of aryl methyl sites for hydroxylation is 1. The first kappa shape index (κ1) is 16.2. The topological polar surface area (TPSA) is 63.5 Å². The fraction of sp³-hybridized carbons (Fsp3) is 0.167. The van der Waals surface area contributed by atoms with E-state index in [0.717, 1.165) is 22.5 Å². The number of benzene rings is 2. The molecule has 0 saturated carbocycles. The summed E-state index contributed by atoms with van der Waals surface area (Å²) in [5.41, 5.74) is 2.57. The summed E-state index contributed by atoms with van der Waals surface area (Å²) in [7, 11) is 1.61. The van der Waals surface area contributed by atoms with Gasteiger partial charge in [-0.3, -0.25) is 0 Å². The van der Waals surface area contributed by atoms with Crippen molar-refractivity contribution in [2.24, 2.45) is 0 Å². The number of carboxylic acid groups (broad SMARTS) is 1. The van der Waals surface area contributed by atoms with E-state index in [1.807, 2.05) is 37.3 Å². The molecule has 5 nitrogen and oxygen atoms in total. The van der Waals surface area contributed by atoms with Gasteiger partial charge in [-0.05, 0) is 37.3 Å². The molecule has 2 N–H and O–H groups in total. The highest BCUT2D eigenvalue weighted by molar-refractivity contribution is 6.36. The highest BCUT2D eigenvalue weighted by atomic mass is 35.5. The zero-order valence-electron chi connectivity index (χ0n) is 13.3. The van der Waals surface area contributed by atoms with E-state index in [2.05, 4.69) is 5.32 Å². The van der Waals surface area contributed by atoms with Crippen molar-refractivity contribution in [1.29, 1.82) is 0 Å². The van der Waals surface area contributed by atoms with Crippen molar-refractivity contribution in [2.75, 3.05) is 12.4 Å². The zero-order chi connectivity index (χ0) is 17.3. The van der Waals surface area contributed by atoms with Crippen LogP contribution in [0, 0.1) is 0 Å². The Balaban J connectivity index is 2.15. The molecule has 0 bridgehead atoms. The first-order chi connectivity index (χ1) is 11.5. The number of halogens is 1. The molecule has 0 fully saturated rings. The van der Waals surface area contributed by atoms with Crippen molar-refractivity contribution in [3.63, 3.8) is 0 Å². The van der Waals surface area contributed by atoms with E-state index in [1.54, 1.807) is 23.8 Å². The average Bonchev–Trinajstić information content (AvgIpc) is 2.98. The van der Waals surface area contributed by atoms with Crippen LogP contribution in [0.25, 0.3) is 10.9 Å². The van der Waals surface area contributed by atoms with Crippen LogP contribution in [0.15, 0.2) is 42.5 Å². The SMILES string of the molecule is CCn1c(C(=O)O)cc2c(Nc3cccc(OC)c3)ccc(Cl)c21. The van der Waals surface area contributed by atoms with Crippen LogP contribution in [-0.4, -0.2) is 22.8 Å².